The minimum atomic E-state index is -0.620. The molecule has 1 unspecified atom stereocenters. The van der Waals surface area contributed by atoms with Crippen LogP contribution in [0.3, 0.4) is 0 Å². The third-order valence-electron chi connectivity index (χ3n) is 11.7. The average Bonchev–Trinajstić information content (AvgIpc) is 3.87. The van der Waals surface area contributed by atoms with Crippen LogP contribution < -0.4 is 0 Å². The monoisotopic (exact) mass is 713 g/mol. The molecular formula is C53H35N3. The first-order valence-electron chi connectivity index (χ1n) is 19.1. The molecule has 11 rings (SSSR count). The fourth-order valence-electron chi connectivity index (χ4n) is 9.44. The Bertz CT molecular complexity index is 3020. The Labute approximate surface area is 325 Å². The van der Waals surface area contributed by atoms with Gasteiger partial charge < -0.3 is 4.57 Å². The minimum absolute atomic E-state index is 0.601. The van der Waals surface area contributed by atoms with Crippen LogP contribution in [0.2, 0.25) is 0 Å². The topological polar surface area (TPSA) is 29.6 Å². The average molecular weight is 714 g/mol. The molecule has 8 aromatic carbocycles. The molecule has 0 saturated carbocycles. The van der Waals surface area contributed by atoms with Crippen LogP contribution in [0.15, 0.2) is 210 Å². The van der Waals surface area contributed by atoms with Crippen LogP contribution in [0.5, 0.6) is 0 Å². The van der Waals surface area contributed by atoms with Crippen molar-refractivity contribution in [1.29, 1.82) is 0 Å². The summed E-state index contributed by atoms with van der Waals surface area (Å²) in [7, 11) is 0. The molecule has 0 fully saturated rings. The molecule has 1 aromatic heterocycles. The van der Waals surface area contributed by atoms with Gasteiger partial charge in [0.15, 0.2) is 5.84 Å². The van der Waals surface area contributed by atoms with E-state index in [0.29, 0.717) is 5.84 Å². The van der Waals surface area contributed by atoms with Gasteiger partial charge in [0.1, 0.15) is 0 Å². The Morgan fingerprint density at radius 2 is 0.982 bits per heavy atom. The first-order chi connectivity index (χ1) is 27.8. The second-order valence-corrected chi connectivity index (χ2v) is 14.6. The summed E-state index contributed by atoms with van der Waals surface area (Å²) in [5, 5.41) is 2.52. The molecule has 0 amide bonds. The van der Waals surface area contributed by atoms with Crippen molar-refractivity contribution in [2.75, 3.05) is 0 Å². The van der Waals surface area contributed by atoms with Crippen molar-refractivity contribution in [1.82, 2.24) is 4.57 Å². The lowest BCUT2D eigenvalue weighted by atomic mass is 9.67. The van der Waals surface area contributed by atoms with Crippen LogP contribution in [0.1, 0.15) is 33.4 Å². The van der Waals surface area contributed by atoms with Gasteiger partial charge in [0, 0.05) is 33.2 Å². The number of aromatic nitrogens is 1. The molecule has 0 bridgehead atoms. The van der Waals surface area contributed by atoms with Gasteiger partial charge in [-0.2, -0.15) is 0 Å². The van der Waals surface area contributed by atoms with E-state index in [0.717, 1.165) is 33.6 Å². The first-order valence-corrected chi connectivity index (χ1v) is 19.1. The summed E-state index contributed by atoms with van der Waals surface area (Å²) in [6, 6.07) is 72.1. The Balaban J connectivity index is 1.15. The molecule has 56 heavy (non-hydrogen) atoms. The van der Waals surface area contributed by atoms with Crippen LogP contribution in [-0.2, 0) is 5.41 Å². The van der Waals surface area contributed by atoms with Crippen molar-refractivity contribution in [3.05, 3.63) is 234 Å². The van der Waals surface area contributed by atoms with E-state index >= 15 is 0 Å². The molecule has 3 heteroatoms. The molecule has 2 aliphatic rings. The third kappa shape index (κ3) is 4.58. The molecule has 0 radical (unpaired) electrons. The SMILES string of the molecule is C=NC(=NC1=C(c2ccccc2)C2(c3ccccc31)c1ccccc1-c1ccc(-c3ccc(-n4c5ccccc5c5ccccc54)cc3)cc12)c1ccccc1. The molecule has 0 N–H and O–H groups in total. The van der Waals surface area contributed by atoms with Crippen molar-refractivity contribution in [3.63, 3.8) is 0 Å². The molecule has 1 atom stereocenters. The zero-order chi connectivity index (χ0) is 37.2. The number of amidine groups is 1. The Hall–Kier alpha value is -7.36. The summed E-state index contributed by atoms with van der Waals surface area (Å²) in [5.74, 6) is 0.601. The normalized spacial score (nSPS) is 15.7. The van der Waals surface area contributed by atoms with E-state index in [1.807, 2.05) is 30.3 Å². The molecule has 9 aromatic rings. The Kier molecular flexibility index (Phi) is 7.23. The van der Waals surface area contributed by atoms with Crippen molar-refractivity contribution in [2.24, 2.45) is 9.98 Å². The van der Waals surface area contributed by atoms with Gasteiger partial charge in [0.05, 0.1) is 22.1 Å². The summed E-state index contributed by atoms with van der Waals surface area (Å²) >= 11 is 0. The Morgan fingerprint density at radius 3 is 1.66 bits per heavy atom. The summed E-state index contributed by atoms with van der Waals surface area (Å²) in [6.07, 6.45) is 0. The maximum Gasteiger partial charge on any atom is 0.159 e. The van der Waals surface area contributed by atoms with Gasteiger partial charge in [-0.15, -0.1) is 0 Å². The number of aliphatic imine (C=N–C) groups is 2. The van der Waals surface area contributed by atoms with E-state index in [1.165, 1.54) is 60.8 Å². The lowest BCUT2D eigenvalue weighted by molar-refractivity contribution is 0.842. The number of hydrogen-bond acceptors (Lipinski definition) is 1. The number of rotatable bonds is 5. The standard InChI is InChI=1S/C53H35N3/c1-54-52(37-18-6-3-7-19-37)55-51-44-23-9-13-25-46(44)53(50(51)36-16-4-2-5-17-36)45-24-12-8-20-40(45)41-33-30-38(34-47(41)53)35-28-31-39(32-29-35)56-48-26-14-10-21-42(48)43-22-11-15-27-49(43)56/h2-34H,1H2. The van der Waals surface area contributed by atoms with Gasteiger partial charge in [-0.25, -0.2) is 9.98 Å². The highest BCUT2D eigenvalue weighted by molar-refractivity contribution is 6.14. The van der Waals surface area contributed by atoms with Crippen molar-refractivity contribution >= 4 is 45.6 Å². The number of fused-ring (bicyclic) bond motifs is 10. The van der Waals surface area contributed by atoms with E-state index < -0.39 is 5.41 Å². The summed E-state index contributed by atoms with van der Waals surface area (Å²) in [5.41, 5.74) is 16.7. The van der Waals surface area contributed by atoms with Crippen molar-refractivity contribution < 1.29 is 0 Å². The Morgan fingerprint density at radius 1 is 0.446 bits per heavy atom. The quantitative estimate of drug-likeness (QED) is 0.126. The molecule has 1 spiro atoms. The van der Waals surface area contributed by atoms with Crippen molar-refractivity contribution in [2.45, 2.75) is 5.41 Å². The number of allylic oxidation sites excluding steroid dienone is 1. The highest BCUT2D eigenvalue weighted by Crippen LogP contribution is 2.65. The van der Waals surface area contributed by atoms with Crippen LogP contribution in [0, 0.1) is 0 Å². The van der Waals surface area contributed by atoms with Gasteiger partial charge in [0.2, 0.25) is 0 Å². The molecule has 0 saturated heterocycles. The number of para-hydroxylation sites is 2. The maximum absolute atomic E-state index is 5.45. The van der Waals surface area contributed by atoms with Gasteiger partial charge in [-0.05, 0) is 81.6 Å². The van der Waals surface area contributed by atoms with Crippen LogP contribution in [-0.4, -0.2) is 17.1 Å². The third-order valence-corrected chi connectivity index (χ3v) is 11.7. The van der Waals surface area contributed by atoms with E-state index in [9.17, 15) is 0 Å². The van der Waals surface area contributed by atoms with E-state index in [1.54, 1.807) is 0 Å². The van der Waals surface area contributed by atoms with E-state index in [2.05, 4.69) is 186 Å². The first kappa shape index (κ1) is 32.1. The lowest BCUT2D eigenvalue weighted by Crippen LogP contribution is -2.26. The minimum Gasteiger partial charge on any atom is -0.309 e. The largest absolute Gasteiger partial charge is 0.309 e. The molecule has 3 nitrogen and oxygen atoms in total. The van der Waals surface area contributed by atoms with Crippen molar-refractivity contribution in [3.8, 4) is 27.9 Å². The maximum atomic E-state index is 5.45. The lowest BCUT2D eigenvalue weighted by Gasteiger charge is -2.33. The smallest absolute Gasteiger partial charge is 0.159 e. The van der Waals surface area contributed by atoms with E-state index in [-0.39, 0.29) is 0 Å². The fraction of sp³-hybridized carbons (Fsp3) is 0.0189. The highest BCUT2D eigenvalue weighted by atomic mass is 15.0. The van der Waals surface area contributed by atoms with Gasteiger partial charge in [-0.3, -0.25) is 0 Å². The molecule has 0 aliphatic heterocycles. The van der Waals surface area contributed by atoms with E-state index in [4.69, 9.17) is 4.99 Å². The van der Waals surface area contributed by atoms with Gasteiger partial charge in [0.25, 0.3) is 0 Å². The number of benzene rings is 8. The van der Waals surface area contributed by atoms with Gasteiger partial charge in [-0.1, -0.05) is 170 Å². The fourth-order valence-corrected chi connectivity index (χ4v) is 9.44. The van der Waals surface area contributed by atoms with Gasteiger partial charge >= 0.3 is 0 Å². The number of hydrogen-bond donors (Lipinski definition) is 0. The zero-order valence-corrected chi connectivity index (χ0v) is 30.6. The van der Waals surface area contributed by atoms with Crippen LogP contribution in [0.25, 0.3) is 61.0 Å². The second-order valence-electron chi connectivity index (χ2n) is 14.6. The predicted molar refractivity (Wildman–Crippen MR) is 234 cm³/mol. The summed E-state index contributed by atoms with van der Waals surface area (Å²) in [6.45, 7) is 3.99. The number of nitrogens with zero attached hydrogens (tertiary/aromatic N) is 3. The summed E-state index contributed by atoms with van der Waals surface area (Å²) in [4.78, 5) is 9.95. The van der Waals surface area contributed by atoms with Crippen LogP contribution in [0.4, 0.5) is 0 Å². The highest BCUT2D eigenvalue weighted by Gasteiger charge is 2.53. The molecule has 1 heterocycles. The predicted octanol–water partition coefficient (Wildman–Crippen LogP) is 12.8. The molecule has 2 aliphatic carbocycles. The zero-order valence-electron chi connectivity index (χ0n) is 30.6. The molecule has 262 valence electrons. The summed E-state index contributed by atoms with van der Waals surface area (Å²) < 4.78 is 2.37. The second kappa shape index (κ2) is 12.6. The molecular weight excluding hydrogens is 679 g/mol. The van der Waals surface area contributed by atoms with Crippen LogP contribution >= 0.6 is 0 Å².